The molecule has 1 aromatic heterocycles. The minimum Gasteiger partial charge on any atom is -1.00 e. The van der Waals surface area contributed by atoms with Crippen LogP contribution in [0.1, 0.15) is 21.5 Å². The van der Waals surface area contributed by atoms with Crippen LogP contribution in [0.25, 0.3) is 0 Å². The molecule has 0 saturated heterocycles. The fraction of sp³-hybridized carbons (Fsp3) is 0.143. The molecule has 0 atom stereocenters. The summed E-state index contributed by atoms with van der Waals surface area (Å²) in [5, 5.41) is 0. The zero-order valence-electron chi connectivity index (χ0n) is 10.4. The number of carbonyl (C=O) groups is 1. The van der Waals surface area contributed by atoms with Crippen molar-refractivity contribution in [2.45, 2.75) is 13.1 Å². The summed E-state index contributed by atoms with van der Waals surface area (Å²) in [6.07, 6.45) is 3.65. The summed E-state index contributed by atoms with van der Waals surface area (Å²) in [5.41, 5.74) is 13.6. The number of hydrogen-bond acceptors (Lipinski definition) is 2. The topological polar surface area (TPSA) is 73.0 Å². The van der Waals surface area contributed by atoms with Gasteiger partial charge in [-0.2, -0.15) is 4.57 Å². The number of rotatable bonds is 4. The van der Waals surface area contributed by atoms with Crippen molar-refractivity contribution in [3.63, 3.8) is 0 Å². The van der Waals surface area contributed by atoms with E-state index >= 15 is 0 Å². The van der Waals surface area contributed by atoms with E-state index in [4.69, 9.17) is 11.5 Å². The highest BCUT2D eigenvalue weighted by molar-refractivity contribution is 5.92. The Labute approximate surface area is 122 Å². The van der Waals surface area contributed by atoms with E-state index in [1.807, 2.05) is 35.0 Å². The van der Waals surface area contributed by atoms with E-state index in [-0.39, 0.29) is 17.0 Å². The standard InChI is InChI=1S/C14H15N3O.BrH/c15-8-11-3-1-4-12(7-11)9-17-6-2-5-13(10-17)14(16)18;/h1-7,10H,8-9,15H2,(H-,16,18);1H. The molecule has 0 saturated carbocycles. The van der Waals surface area contributed by atoms with E-state index in [2.05, 4.69) is 6.07 Å². The van der Waals surface area contributed by atoms with Crippen LogP contribution in [0.15, 0.2) is 48.8 Å². The SMILES string of the molecule is NCc1cccc(C[n+]2cccc(C(N)=O)c2)c1.[Br-]. The number of nitrogens with zero attached hydrogens (tertiary/aromatic N) is 1. The third-order valence-corrected chi connectivity index (χ3v) is 2.73. The molecule has 19 heavy (non-hydrogen) atoms. The number of pyridine rings is 1. The smallest absolute Gasteiger partial charge is 0.254 e. The van der Waals surface area contributed by atoms with Crippen LogP contribution in [0.3, 0.4) is 0 Å². The molecule has 0 radical (unpaired) electrons. The fourth-order valence-electron chi connectivity index (χ4n) is 1.83. The Morgan fingerprint density at radius 2 is 1.89 bits per heavy atom. The lowest BCUT2D eigenvalue weighted by Crippen LogP contribution is -3.00. The number of primary amides is 1. The second-order valence-corrected chi connectivity index (χ2v) is 4.15. The van der Waals surface area contributed by atoms with Crippen LogP contribution in [-0.2, 0) is 13.1 Å². The molecule has 0 aliphatic heterocycles. The zero-order chi connectivity index (χ0) is 13.0. The minimum atomic E-state index is -0.417. The van der Waals surface area contributed by atoms with Crippen molar-refractivity contribution in [2.24, 2.45) is 11.5 Å². The number of nitrogens with two attached hydrogens (primary N) is 2. The van der Waals surface area contributed by atoms with Crippen molar-refractivity contribution in [1.82, 2.24) is 0 Å². The second kappa shape index (κ2) is 7.01. The lowest BCUT2D eigenvalue weighted by Gasteiger charge is -2.01. The Morgan fingerprint density at radius 3 is 2.58 bits per heavy atom. The third-order valence-electron chi connectivity index (χ3n) is 2.73. The van der Waals surface area contributed by atoms with Crippen LogP contribution in [0.2, 0.25) is 0 Å². The van der Waals surface area contributed by atoms with Crippen LogP contribution in [-0.4, -0.2) is 5.91 Å². The van der Waals surface area contributed by atoms with Crippen molar-refractivity contribution in [3.8, 4) is 0 Å². The maximum Gasteiger partial charge on any atom is 0.254 e. The first-order valence-corrected chi connectivity index (χ1v) is 5.76. The Kier molecular flexibility index (Phi) is 5.66. The van der Waals surface area contributed by atoms with Gasteiger partial charge in [-0.3, -0.25) is 4.79 Å². The summed E-state index contributed by atoms with van der Waals surface area (Å²) in [6, 6.07) is 11.6. The molecular formula is C14H16BrN3O. The first-order valence-electron chi connectivity index (χ1n) is 5.76. The van der Waals surface area contributed by atoms with Crippen molar-refractivity contribution >= 4 is 5.91 Å². The Bertz CT molecular complexity index is 572. The summed E-state index contributed by atoms with van der Waals surface area (Å²) in [5.74, 6) is -0.417. The number of halogens is 1. The maximum atomic E-state index is 11.1. The van der Waals surface area contributed by atoms with E-state index < -0.39 is 5.91 Å². The van der Waals surface area contributed by atoms with E-state index in [9.17, 15) is 4.79 Å². The molecule has 1 heterocycles. The second-order valence-electron chi connectivity index (χ2n) is 4.15. The van der Waals surface area contributed by atoms with Gasteiger partial charge in [0.1, 0.15) is 5.56 Å². The minimum absolute atomic E-state index is 0. The predicted molar refractivity (Wildman–Crippen MR) is 68.6 cm³/mol. The van der Waals surface area contributed by atoms with E-state index in [0.717, 1.165) is 11.1 Å². The van der Waals surface area contributed by atoms with Gasteiger partial charge < -0.3 is 28.4 Å². The van der Waals surface area contributed by atoms with E-state index in [0.29, 0.717) is 18.7 Å². The lowest BCUT2D eigenvalue weighted by molar-refractivity contribution is -0.688. The highest BCUT2D eigenvalue weighted by Crippen LogP contribution is 2.04. The van der Waals surface area contributed by atoms with Gasteiger partial charge in [0.2, 0.25) is 0 Å². The van der Waals surface area contributed by atoms with Gasteiger partial charge in [-0.15, -0.1) is 0 Å². The first-order chi connectivity index (χ1) is 8.69. The van der Waals surface area contributed by atoms with Gasteiger partial charge in [-0.1, -0.05) is 18.2 Å². The monoisotopic (exact) mass is 321 g/mol. The Morgan fingerprint density at radius 1 is 1.16 bits per heavy atom. The highest BCUT2D eigenvalue weighted by atomic mass is 79.9. The van der Waals surface area contributed by atoms with Crippen LogP contribution in [0.5, 0.6) is 0 Å². The van der Waals surface area contributed by atoms with Gasteiger partial charge in [0.05, 0.1) is 0 Å². The van der Waals surface area contributed by atoms with Crippen molar-refractivity contribution in [3.05, 3.63) is 65.5 Å². The molecule has 4 N–H and O–H groups in total. The predicted octanol–water partition coefficient (Wildman–Crippen LogP) is -2.42. The largest absolute Gasteiger partial charge is 1.00 e. The van der Waals surface area contributed by atoms with Gasteiger partial charge in [0, 0.05) is 18.2 Å². The van der Waals surface area contributed by atoms with Crippen LogP contribution in [0.4, 0.5) is 0 Å². The lowest BCUT2D eigenvalue weighted by atomic mass is 10.1. The molecular weight excluding hydrogens is 306 g/mol. The number of carbonyl (C=O) groups excluding carboxylic acids is 1. The highest BCUT2D eigenvalue weighted by Gasteiger charge is 2.08. The average molecular weight is 322 g/mol. The summed E-state index contributed by atoms with van der Waals surface area (Å²) >= 11 is 0. The molecule has 2 rings (SSSR count). The number of amides is 1. The van der Waals surface area contributed by atoms with Gasteiger partial charge in [0.25, 0.3) is 5.91 Å². The van der Waals surface area contributed by atoms with Gasteiger partial charge in [0.15, 0.2) is 18.9 Å². The molecule has 0 spiro atoms. The molecule has 1 aromatic carbocycles. The summed E-state index contributed by atoms with van der Waals surface area (Å²) in [6.45, 7) is 1.22. The third kappa shape index (κ3) is 4.15. The normalized spacial score (nSPS) is 9.74. The Balaban J connectivity index is 0.00000180. The Hall–Kier alpha value is -1.72. The van der Waals surface area contributed by atoms with Crippen molar-refractivity contribution in [2.75, 3.05) is 0 Å². The van der Waals surface area contributed by atoms with Crippen LogP contribution in [0, 0.1) is 0 Å². The molecule has 5 heteroatoms. The zero-order valence-corrected chi connectivity index (χ0v) is 12.0. The average Bonchev–Trinajstić information content (AvgIpc) is 2.39. The number of benzene rings is 1. The van der Waals surface area contributed by atoms with Crippen molar-refractivity contribution in [1.29, 1.82) is 0 Å². The number of aromatic nitrogens is 1. The summed E-state index contributed by atoms with van der Waals surface area (Å²) in [7, 11) is 0. The maximum absolute atomic E-state index is 11.1. The van der Waals surface area contributed by atoms with Crippen LogP contribution < -0.4 is 33.0 Å². The van der Waals surface area contributed by atoms with Gasteiger partial charge in [-0.25, -0.2) is 0 Å². The summed E-state index contributed by atoms with van der Waals surface area (Å²) in [4.78, 5) is 11.1. The number of hydrogen-bond donors (Lipinski definition) is 2. The van der Waals surface area contributed by atoms with E-state index in [1.165, 1.54) is 0 Å². The molecule has 0 aliphatic rings. The first kappa shape index (κ1) is 15.3. The molecule has 0 unspecified atom stereocenters. The molecule has 0 aliphatic carbocycles. The molecule has 4 nitrogen and oxygen atoms in total. The van der Waals surface area contributed by atoms with Crippen LogP contribution >= 0.6 is 0 Å². The van der Waals surface area contributed by atoms with Gasteiger partial charge in [-0.05, 0) is 17.7 Å². The van der Waals surface area contributed by atoms with Gasteiger partial charge >= 0.3 is 0 Å². The van der Waals surface area contributed by atoms with E-state index in [1.54, 1.807) is 12.3 Å². The van der Waals surface area contributed by atoms with Crippen molar-refractivity contribution < 1.29 is 26.3 Å². The molecule has 2 aromatic rings. The molecule has 100 valence electrons. The molecule has 0 fully saturated rings. The summed E-state index contributed by atoms with van der Waals surface area (Å²) < 4.78 is 1.93. The molecule has 0 bridgehead atoms. The quantitative estimate of drug-likeness (QED) is 0.615. The fourth-order valence-corrected chi connectivity index (χ4v) is 1.83. The molecule has 1 amide bonds.